The summed E-state index contributed by atoms with van der Waals surface area (Å²) in [4.78, 5) is 13.8. The summed E-state index contributed by atoms with van der Waals surface area (Å²) in [5, 5.41) is 19.9. The van der Waals surface area contributed by atoms with Crippen molar-refractivity contribution in [1.29, 1.82) is 0 Å². The molecule has 3 aromatic rings. The zero-order valence-corrected chi connectivity index (χ0v) is 15.3. The average Bonchev–Trinajstić information content (AvgIpc) is 3.10. The molecule has 2 aromatic carbocycles. The van der Waals surface area contributed by atoms with Gasteiger partial charge in [0.1, 0.15) is 0 Å². The molecule has 0 bridgehead atoms. The number of benzene rings is 2. The lowest BCUT2D eigenvalue weighted by atomic mass is 9.78. The fourth-order valence-corrected chi connectivity index (χ4v) is 3.94. The van der Waals surface area contributed by atoms with Gasteiger partial charge in [-0.3, -0.25) is 10.4 Å². The molecule has 6 nitrogen and oxygen atoms in total. The molecule has 4 rings (SSSR count). The Balaban J connectivity index is 1.76. The lowest BCUT2D eigenvalue weighted by molar-refractivity contribution is -0.245. The third-order valence-electron chi connectivity index (χ3n) is 5.34. The number of H-pyrrole nitrogens is 1. The van der Waals surface area contributed by atoms with E-state index in [4.69, 9.17) is 0 Å². The first-order chi connectivity index (χ1) is 13.8. The Labute approximate surface area is 164 Å². The van der Waals surface area contributed by atoms with Crippen molar-refractivity contribution in [3.05, 3.63) is 60.2 Å². The SMILES string of the molecule is O=C(Nc1n[nH]c2ccccc12)N1CCC(O)CC1(c1ccccc1)C(F)(F)F. The summed E-state index contributed by atoms with van der Waals surface area (Å²) < 4.78 is 43.3. The second-order valence-corrected chi connectivity index (χ2v) is 7.07. The van der Waals surface area contributed by atoms with E-state index >= 15 is 0 Å². The van der Waals surface area contributed by atoms with Crippen LogP contribution < -0.4 is 5.32 Å². The number of carbonyl (C=O) groups excluding carboxylic acids is 1. The number of aliphatic hydroxyl groups is 1. The van der Waals surface area contributed by atoms with E-state index in [1.54, 1.807) is 30.3 Å². The van der Waals surface area contributed by atoms with Gasteiger partial charge in [-0.15, -0.1) is 0 Å². The number of aromatic amines is 1. The zero-order valence-electron chi connectivity index (χ0n) is 15.3. The van der Waals surface area contributed by atoms with Gasteiger partial charge in [-0.1, -0.05) is 42.5 Å². The largest absolute Gasteiger partial charge is 0.416 e. The molecule has 3 N–H and O–H groups in total. The minimum atomic E-state index is -4.79. The zero-order chi connectivity index (χ0) is 20.6. The lowest BCUT2D eigenvalue weighted by Crippen LogP contribution is -2.63. The van der Waals surface area contributed by atoms with Crippen molar-refractivity contribution in [2.75, 3.05) is 11.9 Å². The van der Waals surface area contributed by atoms with E-state index in [2.05, 4.69) is 15.5 Å². The quantitative estimate of drug-likeness (QED) is 0.604. The highest BCUT2D eigenvalue weighted by Gasteiger charge is 2.63. The van der Waals surface area contributed by atoms with Crippen molar-refractivity contribution in [3.8, 4) is 0 Å². The van der Waals surface area contributed by atoms with Crippen LogP contribution in [-0.2, 0) is 5.54 Å². The molecule has 1 saturated heterocycles. The molecule has 152 valence electrons. The van der Waals surface area contributed by atoms with Gasteiger partial charge in [0.05, 0.1) is 11.6 Å². The number of likely N-dealkylation sites (tertiary alicyclic amines) is 1. The Kier molecular flexibility index (Phi) is 4.70. The average molecular weight is 404 g/mol. The van der Waals surface area contributed by atoms with Crippen molar-refractivity contribution in [1.82, 2.24) is 15.1 Å². The van der Waals surface area contributed by atoms with Gasteiger partial charge in [0.25, 0.3) is 0 Å². The number of halogens is 3. The first-order valence-electron chi connectivity index (χ1n) is 9.15. The molecule has 0 saturated carbocycles. The van der Waals surface area contributed by atoms with Crippen LogP contribution in [0.25, 0.3) is 10.9 Å². The van der Waals surface area contributed by atoms with Gasteiger partial charge in [-0.05, 0) is 24.1 Å². The van der Waals surface area contributed by atoms with E-state index in [1.165, 1.54) is 24.3 Å². The molecule has 2 heterocycles. The second kappa shape index (κ2) is 7.07. The summed E-state index contributed by atoms with van der Waals surface area (Å²) in [6, 6.07) is 13.3. The summed E-state index contributed by atoms with van der Waals surface area (Å²) in [5.41, 5.74) is -2.07. The molecule has 1 aromatic heterocycles. The fourth-order valence-electron chi connectivity index (χ4n) is 3.94. The number of alkyl halides is 3. The second-order valence-electron chi connectivity index (χ2n) is 7.07. The smallest absolute Gasteiger partial charge is 0.393 e. The van der Waals surface area contributed by atoms with Crippen LogP contribution in [0.1, 0.15) is 18.4 Å². The van der Waals surface area contributed by atoms with Crippen molar-refractivity contribution >= 4 is 22.8 Å². The van der Waals surface area contributed by atoms with Crippen LogP contribution in [0.3, 0.4) is 0 Å². The Morgan fingerprint density at radius 3 is 2.59 bits per heavy atom. The number of aliphatic hydroxyl groups excluding tert-OH is 1. The molecular formula is C20H19F3N4O2. The molecule has 2 unspecified atom stereocenters. The molecule has 0 spiro atoms. The number of rotatable bonds is 2. The van der Waals surface area contributed by atoms with Crippen LogP contribution in [0, 0.1) is 0 Å². The molecule has 0 aliphatic carbocycles. The van der Waals surface area contributed by atoms with Gasteiger partial charge in [0, 0.05) is 18.4 Å². The number of aromatic nitrogens is 2. The number of piperidine rings is 1. The number of nitrogens with one attached hydrogen (secondary N) is 2. The molecule has 2 amide bonds. The third-order valence-corrected chi connectivity index (χ3v) is 5.34. The normalized spacial score (nSPS) is 22.6. The van der Waals surface area contributed by atoms with Gasteiger partial charge < -0.3 is 10.0 Å². The van der Waals surface area contributed by atoms with E-state index in [1.807, 2.05) is 0 Å². The fraction of sp³-hybridized carbons (Fsp3) is 0.300. The predicted molar refractivity (Wildman–Crippen MR) is 101 cm³/mol. The molecule has 1 fully saturated rings. The van der Waals surface area contributed by atoms with E-state index in [0.717, 1.165) is 4.90 Å². The number of hydrogen-bond acceptors (Lipinski definition) is 3. The standard InChI is InChI=1S/C20H19F3N4O2/c21-20(22,23)19(13-6-2-1-3-7-13)12-14(28)10-11-27(19)18(29)24-17-15-8-4-5-9-16(15)25-26-17/h1-9,14,28H,10-12H2,(H2,24,25,26,29). The number of carbonyl (C=O) groups is 1. The topological polar surface area (TPSA) is 81.2 Å². The Morgan fingerprint density at radius 2 is 1.86 bits per heavy atom. The van der Waals surface area contributed by atoms with E-state index < -0.39 is 30.3 Å². The molecule has 2 atom stereocenters. The lowest BCUT2D eigenvalue weighted by Gasteiger charge is -2.49. The van der Waals surface area contributed by atoms with Crippen LogP contribution in [0.2, 0.25) is 0 Å². The maximum Gasteiger partial charge on any atom is 0.416 e. The van der Waals surface area contributed by atoms with Gasteiger partial charge in [0.15, 0.2) is 11.4 Å². The van der Waals surface area contributed by atoms with Gasteiger partial charge in [0.2, 0.25) is 0 Å². The number of hydrogen-bond donors (Lipinski definition) is 3. The van der Waals surface area contributed by atoms with Gasteiger partial charge >= 0.3 is 12.2 Å². The molecule has 29 heavy (non-hydrogen) atoms. The van der Waals surface area contributed by atoms with E-state index in [0.29, 0.717) is 10.9 Å². The Bertz CT molecular complexity index is 1020. The molecular weight excluding hydrogens is 385 g/mol. The minimum Gasteiger partial charge on any atom is -0.393 e. The van der Waals surface area contributed by atoms with Crippen molar-refractivity contribution in [3.63, 3.8) is 0 Å². The summed E-state index contributed by atoms with van der Waals surface area (Å²) in [7, 11) is 0. The summed E-state index contributed by atoms with van der Waals surface area (Å²) >= 11 is 0. The monoisotopic (exact) mass is 404 g/mol. The van der Waals surface area contributed by atoms with Crippen LogP contribution in [0.4, 0.5) is 23.8 Å². The number of para-hydroxylation sites is 1. The maximum atomic E-state index is 14.4. The van der Waals surface area contributed by atoms with Gasteiger partial charge in [-0.25, -0.2) is 4.79 Å². The highest BCUT2D eigenvalue weighted by molar-refractivity contribution is 5.99. The van der Waals surface area contributed by atoms with Crippen molar-refractivity contribution in [2.24, 2.45) is 0 Å². The molecule has 1 aliphatic heterocycles. The number of anilines is 1. The minimum absolute atomic E-state index is 0.0550. The number of amides is 2. The number of fused-ring (bicyclic) bond motifs is 1. The third kappa shape index (κ3) is 3.21. The van der Waals surface area contributed by atoms with Crippen molar-refractivity contribution < 1.29 is 23.1 Å². The van der Waals surface area contributed by atoms with Crippen LogP contribution in [0.15, 0.2) is 54.6 Å². The van der Waals surface area contributed by atoms with E-state index in [9.17, 15) is 23.1 Å². The first kappa shape index (κ1) is 19.3. The molecule has 9 heteroatoms. The van der Waals surface area contributed by atoms with Crippen LogP contribution >= 0.6 is 0 Å². The first-order valence-corrected chi connectivity index (χ1v) is 9.15. The van der Waals surface area contributed by atoms with Crippen LogP contribution in [0.5, 0.6) is 0 Å². The highest BCUT2D eigenvalue weighted by atomic mass is 19.4. The van der Waals surface area contributed by atoms with Crippen LogP contribution in [-0.4, -0.2) is 45.1 Å². The number of nitrogens with zero attached hydrogens (tertiary/aromatic N) is 2. The highest BCUT2D eigenvalue weighted by Crippen LogP contribution is 2.49. The summed E-state index contributed by atoms with van der Waals surface area (Å²) in [6.07, 6.45) is -6.54. The van der Waals surface area contributed by atoms with E-state index in [-0.39, 0.29) is 24.3 Å². The predicted octanol–water partition coefficient (Wildman–Crippen LogP) is 4.01. The summed E-state index contributed by atoms with van der Waals surface area (Å²) in [6.45, 7) is -0.246. The van der Waals surface area contributed by atoms with Gasteiger partial charge in [-0.2, -0.15) is 18.3 Å². The Morgan fingerprint density at radius 1 is 1.17 bits per heavy atom. The number of urea groups is 1. The Hall–Kier alpha value is -3.07. The maximum absolute atomic E-state index is 14.4. The van der Waals surface area contributed by atoms with Crippen molar-refractivity contribution in [2.45, 2.75) is 30.7 Å². The molecule has 1 aliphatic rings. The summed E-state index contributed by atoms with van der Waals surface area (Å²) in [5.74, 6) is 0.154. The molecule has 0 radical (unpaired) electrons.